The van der Waals surface area contributed by atoms with Gasteiger partial charge in [-0.1, -0.05) is 29.8 Å². The number of fused-ring (bicyclic) bond motifs is 1. The van der Waals surface area contributed by atoms with Gasteiger partial charge in [-0.25, -0.2) is 4.39 Å². The third-order valence-electron chi connectivity index (χ3n) is 3.66. The van der Waals surface area contributed by atoms with Crippen molar-refractivity contribution in [2.24, 2.45) is 0 Å². The lowest BCUT2D eigenvalue weighted by Gasteiger charge is -2.16. The van der Waals surface area contributed by atoms with Crippen LogP contribution in [-0.2, 0) is 12.8 Å². The van der Waals surface area contributed by atoms with E-state index in [0.717, 1.165) is 24.2 Å². The van der Waals surface area contributed by atoms with E-state index in [1.807, 2.05) is 18.2 Å². The molecule has 0 fully saturated rings. The normalized spacial score (nSPS) is 14.8. The Morgan fingerprint density at radius 1 is 1.30 bits per heavy atom. The summed E-state index contributed by atoms with van der Waals surface area (Å²) in [6.45, 7) is 0.880. The maximum absolute atomic E-state index is 13.7. The smallest absolute Gasteiger partial charge is 0.126 e. The fourth-order valence-corrected chi connectivity index (χ4v) is 2.86. The Morgan fingerprint density at radius 2 is 2.15 bits per heavy atom. The number of hydrogen-bond acceptors (Lipinski definition) is 2. The molecule has 2 nitrogen and oxygen atoms in total. The molecule has 4 heteroatoms. The van der Waals surface area contributed by atoms with Crippen LogP contribution in [0.1, 0.15) is 22.8 Å². The van der Waals surface area contributed by atoms with Gasteiger partial charge in [0.1, 0.15) is 5.82 Å². The van der Waals surface area contributed by atoms with E-state index in [4.69, 9.17) is 11.6 Å². The maximum atomic E-state index is 13.7. The summed E-state index contributed by atoms with van der Waals surface area (Å²) in [4.78, 5) is 0. The van der Waals surface area contributed by atoms with Gasteiger partial charge in [-0.15, -0.1) is 0 Å². The van der Waals surface area contributed by atoms with Crippen molar-refractivity contribution in [2.75, 3.05) is 11.9 Å². The molecule has 0 amide bonds. The standard InChI is InChI=1S/C16H15ClFNO/c17-12-4-5-14(18)11(8-12)9-15(20)13-3-1-2-10-6-7-19-16(10)13/h1-5,8,15,19-20H,6-7,9H2. The van der Waals surface area contributed by atoms with Crippen LogP contribution in [0.2, 0.25) is 5.02 Å². The highest BCUT2D eigenvalue weighted by atomic mass is 35.5. The molecule has 0 aromatic heterocycles. The van der Waals surface area contributed by atoms with E-state index in [2.05, 4.69) is 5.32 Å². The highest BCUT2D eigenvalue weighted by molar-refractivity contribution is 6.30. The third-order valence-corrected chi connectivity index (χ3v) is 3.89. The molecule has 20 heavy (non-hydrogen) atoms. The summed E-state index contributed by atoms with van der Waals surface area (Å²) in [6.07, 6.45) is 0.426. The lowest BCUT2D eigenvalue weighted by atomic mass is 9.97. The number of rotatable bonds is 3. The first-order chi connectivity index (χ1) is 9.65. The number of hydrogen-bond donors (Lipinski definition) is 2. The highest BCUT2D eigenvalue weighted by Gasteiger charge is 2.20. The second kappa shape index (κ2) is 5.43. The van der Waals surface area contributed by atoms with Gasteiger partial charge < -0.3 is 10.4 Å². The molecule has 2 N–H and O–H groups in total. The summed E-state index contributed by atoms with van der Waals surface area (Å²) < 4.78 is 13.7. The molecular weight excluding hydrogens is 277 g/mol. The van der Waals surface area contributed by atoms with Crippen LogP contribution in [0.4, 0.5) is 10.1 Å². The molecule has 0 aliphatic carbocycles. The van der Waals surface area contributed by atoms with Gasteiger partial charge in [0.2, 0.25) is 0 Å². The van der Waals surface area contributed by atoms with Gasteiger partial charge in [0.05, 0.1) is 6.10 Å². The van der Waals surface area contributed by atoms with Crippen LogP contribution in [0.3, 0.4) is 0 Å². The molecule has 0 radical (unpaired) electrons. The molecule has 2 aromatic carbocycles. The molecule has 0 spiro atoms. The molecule has 0 bridgehead atoms. The van der Waals surface area contributed by atoms with Crippen LogP contribution in [0.5, 0.6) is 0 Å². The zero-order chi connectivity index (χ0) is 14.1. The Kier molecular flexibility index (Phi) is 3.64. The number of para-hydroxylation sites is 1. The van der Waals surface area contributed by atoms with Crippen molar-refractivity contribution in [3.8, 4) is 0 Å². The van der Waals surface area contributed by atoms with E-state index in [1.54, 1.807) is 6.07 Å². The molecular formula is C16H15ClFNO. The molecule has 1 heterocycles. The van der Waals surface area contributed by atoms with E-state index in [1.165, 1.54) is 17.7 Å². The molecule has 1 aliphatic heterocycles. The van der Waals surface area contributed by atoms with Crippen LogP contribution in [0.15, 0.2) is 36.4 Å². The zero-order valence-electron chi connectivity index (χ0n) is 10.9. The lowest BCUT2D eigenvalue weighted by Crippen LogP contribution is -2.06. The third kappa shape index (κ3) is 2.51. The maximum Gasteiger partial charge on any atom is 0.126 e. The molecule has 3 rings (SSSR count). The van der Waals surface area contributed by atoms with E-state index >= 15 is 0 Å². The first-order valence-electron chi connectivity index (χ1n) is 6.63. The van der Waals surface area contributed by atoms with Gasteiger partial charge in [-0.05, 0) is 35.7 Å². The number of aliphatic hydroxyl groups is 1. The van der Waals surface area contributed by atoms with Gasteiger partial charge in [-0.3, -0.25) is 0 Å². The summed E-state index contributed by atoms with van der Waals surface area (Å²) in [6, 6.07) is 10.3. The largest absolute Gasteiger partial charge is 0.388 e. The van der Waals surface area contributed by atoms with Gasteiger partial charge in [0, 0.05) is 29.2 Å². The number of nitrogens with one attached hydrogen (secondary N) is 1. The van der Waals surface area contributed by atoms with Crippen LogP contribution in [0, 0.1) is 5.82 Å². The van der Waals surface area contributed by atoms with E-state index in [0.29, 0.717) is 10.6 Å². The Morgan fingerprint density at radius 3 is 3.00 bits per heavy atom. The number of benzene rings is 2. The predicted octanol–water partition coefficient (Wildman–Crippen LogP) is 3.72. The van der Waals surface area contributed by atoms with Crippen LogP contribution >= 0.6 is 11.6 Å². The average molecular weight is 292 g/mol. The van der Waals surface area contributed by atoms with Crippen molar-refractivity contribution in [2.45, 2.75) is 18.9 Å². The number of halogens is 2. The van der Waals surface area contributed by atoms with Crippen molar-refractivity contribution in [1.29, 1.82) is 0 Å². The van der Waals surface area contributed by atoms with Gasteiger partial charge in [0.15, 0.2) is 0 Å². The van der Waals surface area contributed by atoms with Crippen molar-refractivity contribution in [3.63, 3.8) is 0 Å². The Hall–Kier alpha value is -1.58. The number of aliphatic hydroxyl groups excluding tert-OH is 1. The molecule has 1 aliphatic rings. The quantitative estimate of drug-likeness (QED) is 0.903. The minimum absolute atomic E-state index is 0.213. The summed E-state index contributed by atoms with van der Waals surface area (Å²) in [5.41, 5.74) is 3.44. The van der Waals surface area contributed by atoms with Crippen LogP contribution in [0.25, 0.3) is 0 Å². The first-order valence-corrected chi connectivity index (χ1v) is 7.00. The second-order valence-electron chi connectivity index (χ2n) is 5.01. The minimum Gasteiger partial charge on any atom is -0.388 e. The summed E-state index contributed by atoms with van der Waals surface area (Å²) in [7, 11) is 0. The van der Waals surface area contributed by atoms with Gasteiger partial charge in [0.25, 0.3) is 0 Å². The molecule has 0 saturated heterocycles. The SMILES string of the molecule is OC(Cc1cc(Cl)ccc1F)c1cccc2c1NCC2. The fourth-order valence-electron chi connectivity index (χ4n) is 2.66. The summed E-state index contributed by atoms with van der Waals surface area (Å²) in [5.74, 6) is -0.339. The Balaban J connectivity index is 1.88. The van der Waals surface area contributed by atoms with E-state index in [-0.39, 0.29) is 12.2 Å². The predicted molar refractivity (Wildman–Crippen MR) is 78.7 cm³/mol. The molecule has 1 unspecified atom stereocenters. The highest BCUT2D eigenvalue weighted by Crippen LogP contribution is 2.32. The van der Waals surface area contributed by atoms with E-state index < -0.39 is 6.10 Å². The van der Waals surface area contributed by atoms with Crippen molar-refractivity contribution in [1.82, 2.24) is 0 Å². The van der Waals surface area contributed by atoms with Gasteiger partial charge in [-0.2, -0.15) is 0 Å². The average Bonchev–Trinajstić information content (AvgIpc) is 2.91. The van der Waals surface area contributed by atoms with Crippen molar-refractivity contribution >= 4 is 17.3 Å². The Bertz CT molecular complexity index is 644. The first kappa shape index (κ1) is 13.4. The van der Waals surface area contributed by atoms with Crippen molar-refractivity contribution < 1.29 is 9.50 Å². The molecule has 2 aromatic rings. The molecule has 0 saturated carbocycles. The number of anilines is 1. The van der Waals surface area contributed by atoms with Gasteiger partial charge >= 0.3 is 0 Å². The zero-order valence-corrected chi connectivity index (χ0v) is 11.6. The lowest BCUT2D eigenvalue weighted by molar-refractivity contribution is 0.178. The van der Waals surface area contributed by atoms with Crippen molar-refractivity contribution in [3.05, 3.63) is 63.9 Å². The molecule has 104 valence electrons. The summed E-state index contributed by atoms with van der Waals surface area (Å²) >= 11 is 5.88. The summed E-state index contributed by atoms with van der Waals surface area (Å²) in [5, 5.41) is 14.2. The van der Waals surface area contributed by atoms with Crippen LogP contribution < -0.4 is 5.32 Å². The fraction of sp³-hybridized carbons (Fsp3) is 0.250. The Labute approximate surface area is 122 Å². The molecule has 1 atom stereocenters. The monoisotopic (exact) mass is 291 g/mol. The van der Waals surface area contributed by atoms with Crippen LogP contribution in [-0.4, -0.2) is 11.7 Å². The topological polar surface area (TPSA) is 32.3 Å². The second-order valence-corrected chi connectivity index (χ2v) is 5.45. The van der Waals surface area contributed by atoms with E-state index in [9.17, 15) is 9.50 Å². The minimum atomic E-state index is -0.747.